The van der Waals surface area contributed by atoms with Crippen molar-refractivity contribution >= 4 is 16.6 Å². The van der Waals surface area contributed by atoms with Crippen molar-refractivity contribution in [2.24, 2.45) is 0 Å². The van der Waals surface area contributed by atoms with Crippen LogP contribution in [0, 0.1) is 0 Å². The SMILES string of the molecule is ClC1=CCCc2[nH]c(C3CC3)nc21. The van der Waals surface area contributed by atoms with Gasteiger partial charge in [-0.25, -0.2) is 4.98 Å². The first-order chi connectivity index (χ1) is 6.34. The number of rotatable bonds is 1. The zero-order chi connectivity index (χ0) is 8.84. The van der Waals surface area contributed by atoms with Crippen LogP contribution in [0.15, 0.2) is 6.08 Å². The summed E-state index contributed by atoms with van der Waals surface area (Å²) in [6.07, 6.45) is 6.73. The molecule has 0 amide bonds. The highest BCUT2D eigenvalue weighted by Gasteiger charge is 2.28. The summed E-state index contributed by atoms with van der Waals surface area (Å²) in [4.78, 5) is 7.93. The molecule has 13 heavy (non-hydrogen) atoms. The lowest BCUT2D eigenvalue weighted by atomic mass is 10.1. The highest BCUT2D eigenvalue weighted by Crippen LogP contribution is 2.40. The molecule has 68 valence electrons. The van der Waals surface area contributed by atoms with Crippen LogP contribution < -0.4 is 0 Å². The summed E-state index contributed by atoms with van der Waals surface area (Å²) in [5, 5.41) is 0.824. The second kappa shape index (κ2) is 2.61. The Bertz CT molecular complexity index is 374. The molecular weight excluding hydrogens is 184 g/mol. The third kappa shape index (κ3) is 1.20. The fourth-order valence-electron chi connectivity index (χ4n) is 1.80. The molecule has 0 unspecified atom stereocenters. The molecule has 0 spiro atoms. The van der Waals surface area contributed by atoms with E-state index < -0.39 is 0 Å². The number of aryl methyl sites for hydroxylation is 1. The molecule has 3 heteroatoms. The van der Waals surface area contributed by atoms with E-state index in [0.29, 0.717) is 5.92 Å². The monoisotopic (exact) mass is 194 g/mol. The van der Waals surface area contributed by atoms with Gasteiger partial charge in [0.1, 0.15) is 11.5 Å². The Labute approximate surface area is 82.0 Å². The lowest BCUT2D eigenvalue weighted by molar-refractivity contribution is 0.916. The van der Waals surface area contributed by atoms with Gasteiger partial charge < -0.3 is 4.98 Å². The lowest BCUT2D eigenvalue weighted by Crippen LogP contribution is -1.94. The third-order valence-corrected chi connectivity index (χ3v) is 3.04. The average molecular weight is 195 g/mol. The van der Waals surface area contributed by atoms with Gasteiger partial charge in [-0.1, -0.05) is 17.7 Å². The van der Waals surface area contributed by atoms with Crippen LogP contribution in [0.2, 0.25) is 0 Å². The number of aromatic amines is 1. The normalized spacial score (nSPS) is 21.2. The second-order valence-corrected chi connectivity index (χ2v) is 4.22. The smallest absolute Gasteiger partial charge is 0.110 e. The minimum Gasteiger partial charge on any atom is -0.345 e. The Hall–Kier alpha value is -0.760. The topological polar surface area (TPSA) is 28.7 Å². The highest BCUT2D eigenvalue weighted by atomic mass is 35.5. The van der Waals surface area contributed by atoms with Gasteiger partial charge >= 0.3 is 0 Å². The fourth-order valence-corrected chi connectivity index (χ4v) is 2.06. The summed E-state index contributed by atoms with van der Waals surface area (Å²) >= 11 is 6.06. The number of aromatic nitrogens is 2. The van der Waals surface area contributed by atoms with E-state index in [4.69, 9.17) is 11.6 Å². The van der Waals surface area contributed by atoms with Crippen molar-refractivity contribution < 1.29 is 0 Å². The number of halogens is 1. The molecule has 1 aromatic rings. The molecule has 1 heterocycles. The van der Waals surface area contributed by atoms with Gasteiger partial charge in [-0.3, -0.25) is 0 Å². The van der Waals surface area contributed by atoms with E-state index in [1.807, 2.05) is 0 Å². The van der Waals surface area contributed by atoms with Gasteiger partial charge in [-0.2, -0.15) is 0 Å². The van der Waals surface area contributed by atoms with Crippen molar-refractivity contribution in [3.8, 4) is 0 Å². The molecule has 1 saturated carbocycles. The van der Waals surface area contributed by atoms with Crippen LogP contribution in [0.5, 0.6) is 0 Å². The number of H-pyrrole nitrogens is 1. The van der Waals surface area contributed by atoms with Crippen LogP contribution in [0.1, 0.15) is 42.4 Å². The molecule has 0 radical (unpaired) electrons. The van der Waals surface area contributed by atoms with Crippen molar-refractivity contribution in [1.29, 1.82) is 0 Å². The van der Waals surface area contributed by atoms with E-state index in [1.165, 1.54) is 18.5 Å². The maximum absolute atomic E-state index is 6.06. The first-order valence-corrected chi connectivity index (χ1v) is 5.17. The summed E-state index contributed by atoms with van der Waals surface area (Å²) in [6.45, 7) is 0. The molecule has 1 fully saturated rings. The maximum Gasteiger partial charge on any atom is 0.110 e. The van der Waals surface area contributed by atoms with Crippen LogP contribution in [-0.2, 0) is 6.42 Å². The third-order valence-electron chi connectivity index (χ3n) is 2.71. The Balaban J connectivity index is 2.06. The van der Waals surface area contributed by atoms with Crippen LogP contribution in [-0.4, -0.2) is 9.97 Å². The van der Waals surface area contributed by atoms with Gasteiger partial charge in [-0.15, -0.1) is 0 Å². The number of fused-ring (bicyclic) bond motifs is 1. The minimum atomic E-state index is 0.690. The molecule has 2 aliphatic carbocycles. The summed E-state index contributed by atoms with van der Waals surface area (Å²) < 4.78 is 0. The summed E-state index contributed by atoms with van der Waals surface area (Å²) in [7, 11) is 0. The molecule has 1 aromatic heterocycles. The van der Waals surface area contributed by atoms with Gasteiger partial charge in [0, 0.05) is 11.6 Å². The molecule has 0 saturated heterocycles. The zero-order valence-electron chi connectivity index (χ0n) is 7.31. The largest absolute Gasteiger partial charge is 0.345 e. The Morgan fingerprint density at radius 3 is 3.00 bits per heavy atom. The number of nitrogens with one attached hydrogen (secondary N) is 1. The van der Waals surface area contributed by atoms with E-state index in [0.717, 1.165) is 29.4 Å². The van der Waals surface area contributed by atoms with Crippen molar-refractivity contribution in [1.82, 2.24) is 9.97 Å². The number of nitrogens with zero attached hydrogens (tertiary/aromatic N) is 1. The van der Waals surface area contributed by atoms with Crippen molar-refractivity contribution in [2.45, 2.75) is 31.6 Å². The van der Waals surface area contributed by atoms with Gasteiger partial charge in [0.05, 0.1) is 5.03 Å². The van der Waals surface area contributed by atoms with Crippen LogP contribution in [0.3, 0.4) is 0 Å². The first-order valence-electron chi connectivity index (χ1n) is 4.79. The van der Waals surface area contributed by atoms with E-state index in [9.17, 15) is 0 Å². The minimum absolute atomic E-state index is 0.690. The number of allylic oxidation sites excluding steroid dienone is 1. The van der Waals surface area contributed by atoms with E-state index in [1.54, 1.807) is 0 Å². The van der Waals surface area contributed by atoms with Crippen LogP contribution in [0.25, 0.3) is 5.03 Å². The second-order valence-electron chi connectivity index (χ2n) is 3.81. The lowest BCUT2D eigenvalue weighted by Gasteiger charge is -2.04. The first kappa shape index (κ1) is 7.63. The molecule has 2 nitrogen and oxygen atoms in total. The maximum atomic E-state index is 6.06. The predicted molar refractivity (Wildman–Crippen MR) is 52.7 cm³/mol. The van der Waals surface area contributed by atoms with E-state index >= 15 is 0 Å². The highest BCUT2D eigenvalue weighted by molar-refractivity contribution is 6.48. The zero-order valence-corrected chi connectivity index (χ0v) is 8.06. The molecule has 2 aliphatic rings. The Kier molecular flexibility index (Phi) is 1.53. The number of hydrogen-bond donors (Lipinski definition) is 1. The van der Waals surface area contributed by atoms with Gasteiger partial charge in [0.25, 0.3) is 0 Å². The van der Waals surface area contributed by atoms with Crippen molar-refractivity contribution in [3.05, 3.63) is 23.3 Å². The molecule has 0 bridgehead atoms. The van der Waals surface area contributed by atoms with Gasteiger partial charge in [-0.05, 0) is 25.7 Å². The fraction of sp³-hybridized carbons (Fsp3) is 0.500. The Morgan fingerprint density at radius 2 is 2.31 bits per heavy atom. The molecule has 3 rings (SSSR count). The van der Waals surface area contributed by atoms with Crippen molar-refractivity contribution in [3.63, 3.8) is 0 Å². The summed E-state index contributed by atoms with van der Waals surface area (Å²) in [5.41, 5.74) is 2.23. The molecule has 0 atom stereocenters. The van der Waals surface area contributed by atoms with E-state index in [2.05, 4.69) is 16.0 Å². The Morgan fingerprint density at radius 1 is 1.46 bits per heavy atom. The molecular formula is C10H11ClN2. The predicted octanol–water partition coefficient (Wildman–Crippen LogP) is 2.81. The van der Waals surface area contributed by atoms with Crippen molar-refractivity contribution in [2.75, 3.05) is 0 Å². The summed E-state index contributed by atoms with van der Waals surface area (Å²) in [5.74, 6) is 1.84. The average Bonchev–Trinajstić information content (AvgIpc) is 2.87. The summed E-state index contributed by atoms with van der Waals surface area (Å²) in [6, 6.07) is 0. The van der Waals surface area contributed by atoms with Gasteiger partial charge in [0.2, 0.25) is 0 Å². The number of imidazole rings is 1. The molecule has 0 aromatic carbocycles. The van der Waals surface area contributed by atoms with Gasteiger partial charge in [0.15, 0.2) is 0 Å². The molecule has 0 aliphatic heterocycles. The van der Waals surface area contributed by atoms with Crippen LogP contribution >= 0.6 is 11.6 Å². The standard InChI is InChI=1S/C10H11ClN2/c11-7-2-1-3-8-9(7)13-10(12-8)6-4-5-6/h2,6H,1,3-5H2,(H,12,13). The quantitative estimate of drug-likeness (QED) is 0.732. The molecule has 1 N–H and O–H groups in total. The van der Waals surface area contributed by atoms with E-state index in [-0.39, 0.29) is 0 Å². The number of hydrogen-bond acceptors (Lipinski definition) is 1. The van der Waals surface area contributed by atoms with Crippen LogP contribution in [0.4, 0.5) is 0 Å².